The summed E-state index contributed by atoms with van der Waals surface area (Å²) in [6.07, 6.45) is 1.97. The van der Waals surface area contributed by atoms with Gasteiger partial charge in [-0.2, -0.15) is 0 Å². The van der Waals surface area contributed by atoms with Crippen LogP contribution >= 0.6 is 12.1 Å². The maximum absolute atomic E-state index is 13.4. The lowest BCUT2D eigenvalue weighted by molar-refractivity contribution is -0.138. The van der Waals surface area contributed by atoms with Gasteiger partial charge in [-0.05, 0) is 55.4 Å². The Bertz CT molecular complexity index is 1240. The predicted octanol–water partition coefficient (Wildman–Crippen LogP) is 4.53. The highest BCUT2D eigenvalue weighted by Gasteiger charge is 2.37. The highest BCUT2D eigenvalue weighted by atomic mass is 32.2. The minimum Gasteiger partial charge on any atom is -0.484 e. The van der Waals surface area contributed by atoms with Crippen molar-refractivity contribution in [1.82, 2.24) is 18.9 Å². The molecule has 1 N–H and O–H groups in total. The van der Waals surface area contributed by atoms with Gasteiger partial charge in [-0.15, -0.1) is 0 Å². The van der Waals surface area contributed by atoms with Crippen LogP contribution in [0.4, 0.5) is 4.39 Å². The van der Waals surface area contributed by atoms with Crippen molar-refractivity contribution in [2.45, 2.75) is 19.2 Å². The molecule has 2 aromatic carbocycles. The van der Waals surface area contributed by atoms with E-state index in [9.17, 15) is 9.18 Å². The molecule has 1 aliphatic rings. The molecule has 1 atom stereocenters. The number of rotatable bonds is 9. The maximum Gasteiger partial charge on any atom is 0.358 e. The van der Waals surface area contributed by atoms with E-state index in [0.29, 0.717) is 17.9 Å². The van der Waals surface area contributed by atoms with Gasteiger partial charge < -0.3 is 14.4 Å². The van der Waals surface area contributed by atoms with Crippen LogP contribution in [0.15, 0.2) is 72.6 Å². The molecule has 0 radical (unpaired) electrons. The highest BCUT2D eigenvalue weighted by molar-refractivity contribution is 7.95. The molecule has 4 rings (SSSR count). The van der Waals surface area contributed by atoms with Gasteiger partial charge in [0.05, 0.1) is 7.11 Å². The van der Waals surface area contributed by atoms with Crippen LogP contribution in [0.5, 0.6) is 0 Å². The Morgan fingerprint density at radius 3 is 2.50 bits per heavy atom. The fourth-order valence-corrected chi connectivity index (χ4v) is 4.56. The smallest absolute Gasteiger partial charge is 0.358 e. The Morgan fingerprint density at radius 1 is 1.11 bits per heavy atom. The molecule has 7 nitrogen and oxygen atoms in total. The summed E-state index contributed by atoms with van der Waals surface area (Å²) in [5.41, 5.74) is 4.62. The number of likely N-dealkylation sites (N-methyl/N-ethyl adjacent to an activating group) is 1. The fourth-order valence-electron chi connectivity index (χ4n) is 3.97. The summed E-state index contributed by atoms with van der Waals surface area (Å²) < 4.78 is 30.1. The maximum atomic E-state index is 13.4. The molecule has 9 heteroatoms. The number of pyridine rings is 1. The van der Waals surface area contributed by atoms with Crippen molar-refractivity contribution >= 4 is 23.9 Å². The number of aromatic nitrogens is 1. The Kier molecular flexibility index (Phi) is 8.25. The Balaban J connectivity index is 1.76. The number of hydrogen-bond acceptors (Lipinski definition) is 8. The summed E-state index contributed by atoms with van der Waals surface area (Å²) in [5, 5.41) is 0. The van der Waals surface area contributed by atoms with Gasteiger partial charge >= 0.3 is 5.97 Å². The molecular weight excluding hydrogens is 479 g/mol. The van der Waals surface area contributed by atoms with Crippen LogP contribution in [0.3, 0.4) is 0 Å². The molecule has 188 valence electrons. The van der Waals surface area contributed by atoms with Crippen molar-refractivity contribution in [1.29, 1.82) is 0 Å². The molecule has 2 heterocycles. The van der Waals surface area contributed by atoms with Crippen molar-refractivity contribution in [2.24, 2.45) is 0 Å². The number of ether oxygens (including phenoxy) is 2. The number of carbonyl (C=O) groups is 1. The van der Waals surface area contributed by atoms with Crippen molar-refractivity contribution in [2.75, 3.05) is 28.3 Å². The third-order valence-corrected chi connectivity index (χ3v) is 6.41. The van der Waals surface area contributed by atoms with E-state index < -0.39 is 5.97 Å². The number of fused-ring (bicyclic) bond motifs is 1. The summed E-state index contributed by atoms with van der Waals surface area (Å²) in [6.45, 7) is 0.271. The molecule has 0 aliphatic carbocycles. The first kappa shape index (κ1) is 25.7. The molecule has 1 unspecified atom stereocenters. The number of esters is 1. The lowest BCUT2D eigenvalue weighted by Gasteiger charge is -2.37. The van der Waals surface area contributed by atoms with Crippen LogP contribution in [0.2, 0.25) is 0 Å². The van der Waals surface area contributed by atoms with Crippen LogP contribution in [0.1, 0.15) is 34.1 Å². The second kappa shape index (κ2) is 11.6. The van der Waals surface area contributed by atoms with E-state index in [0.717, 1.165) is 22.3 Å². The lowest BCUT2D eigenvalue weighted by Crippen LogP contribution is -2.40. The molecule has 1 aliphatic heterocycles. The summed E-state index contributed by atoms with van der Waals surface area (Å²) in [4.78, 5) is 19.5. The Labute approximate surface area is 215 Å². The van der Waals surface area contributed by atoms with Gasteiger partial charge in [0.1, 0.15) is 24.3 Å². The van der Waals surface area contributed by atoms with E-state index in [1.807, 2.05) is 60.7 Å². The standard InChI is InChI=1S/C27H29FN4O3S/c1-31(2)36-30-26-22-15-20(14-18-10-12-21(28)13-11-18)16-29-23(22)25(24(32(26)3)27(33)34-4)35-17-19-8-6-5-7-9-19/h5-13,15-16,26,30H,14,17H2,1-4H3. The van der Waals surface area contributed by atoms with E-state index in [4.69, 9.17) is 14.5 Å². The van der Waals surface area contributed by atoms with Crippen LogP contribution < -0.4 is 4.72 Å². The first-order chi connectivity index (χ1) is 17.4. The largest absolute Gasteiger partial charge is 0.484 e. The zero-order valence-electron chi connectivity index (χ0n) is 20.7. The van der Waals surface area contributed by atoms with Gasteiger partial charge in [-0.25, -0.2) is 18.2 Å². The average molecular weight is 509 g/mol. The van der Waals surface area contributed by atoms with Gasteiger partial charge in [0, 0.05) is 30.9 Å². The van der Waals surface area contributed by atoms with Gasteiger partial charge in [-0.3, -0.25) is 4.98 Å². The first-order valence-corrected chi connectivity index (χ1v) is 12.2. The number of hydrogen-bond donors (Lipinski definition) is 1. The molecule has 0 amide bonds. The summed E-state index contributed by atoms with van der Waals surface area (Å²) >= 11 is 1.41. The number of methoxy groups -OCH3 is 1. The molecule has 0 saturated carbocycles. The SMILES string of the molecule is COC(=O)C1=C(OCc2ccccc2)c2ncc(Cc3ccc(F)cc3)cc2C(NSN(C)C)N1C. The topological polar surface area (TPSA) is 66.9 Å². The van der Waals surface area contributed by atoms with Crippen LogP contribution in [-0.2, 0) is 27.3 Å². The zero-order valence-corrected chi connectivity index (χ0v) is 21.5. The summed E-state index contributed by atoms with van der Waals surface area (Å²) in [5.74, 6) is -0.413. The monoisotopic (exact) mass is 508 g/mol. The van der Waals surface area contributed by atoms with Crippen molar-refractivity contribution in [3.63, 3.8) is 0 Å². The van der Waals surface area contributed by atoms with Gasteiger partial charge in [-0.1, -0.05) is 42.5 Å². The summed E-state index contributed by atoms with van der Waals surface area (Å²) in [6, 6.07) is 18.2. The average Bonchev–Trinajstić information content (AvgIpc) is 2.88. The summed E-state index contributed by atoms with van der Waals surface area (Å²) in [7, 11) is 7.03. The van der Waals surface area contributed by atoms with Crippen molar-refractivity contribution < 1.29 is 18.7 Å². The van der Waals surface area contributed by atoms with Crippen LogP contribution in [0.25, 0.3) is 5.76 Å². The second-order valence-electron chi connectivity index (χ2n) is 8.56. The van der Waals surface area contributed by atoms with Crippen LogP contribution in [0, 0.1) is 5.82 Å². The minimum absolute atomic E-state index is 0.269. The highest BCUT2D eigenvalue weighted by Crippen LogP contribution is 2.39. The molecule has 3 aromatic rings. The van der Waals surface area contributed by atoms with Crippen LogP contribution in [-0.4, -0.2) is 48.4 Å². The number of nitrogens with one attached hydrogen (secondary N) is 1. The van der Waals surface area contributed by atoms with Gasteiger partial charge in [0.2, 0.25) is 0 Å². The molecule has 36 heavy (non-hydrogen) atoms. The molecule has 0 spiro atoms. The Hall–Kier alpha value is -3.40. The quantitative estimate of drug-likeness (QED) is 0.334. The predicted molar refractivity (Wildman–Crippen MR) is 139 cm³/mol. The minimum atomic E-state index is -0.509. The zero-order chi connectivity index (χ0) is 25.7. The van der Waals surface area contributed by atoms with E-state index in [1.54, 1.807) is 18.3 Å². The van der Waals surface area contributed by atoms with Gasteiger partial charge in [0.25, 0.3) is 0 Å². The van der Waals surface area contributed by atoms with Gasteiger partial charge in [0.15, 0.2) is 11.5 Å². The first-order valence-electron chi connectivity index (χ1n) is 11.4. The molecule has 1 aromatic heterocycles. The normalized spacial score (nSPS) is 15.2. The Morgan fingerprint density at radius 2 is 1.83 bits per heavy atom. The fraction of sp³-hybridized carbons (Fsp3) is 0.259. The lowest BCUT2D eigenvalue weighted by atomic mass is 9.98. The van der Waals surface area contributed by atoms with Crippen molar-refractivity contribution in [3.8, 4) is 0 Å². The molecule has 0 fully saturated rings. The number of halogens is 1. The van der Waals surface area contributed by atoms with E-state index >= 15 is 0 Å². The molecular formula is C27H29FN4O3S. The third-order valence-electron chi connectivity index (χ3n) is 5.71. The van der Waals surface area contributed by atoms with E-state index in [1.165, 1.54) is 31.4 Å². The number of benzene rings is 2. The molecule has 0 bridgehead atoms. The molecule has 0 saturated heterocycles. The second-order valence-corrected chi connectivity index (χ2v) is 9.71. The van der Waals surface area contributed by atoms with E-state index in [2.05, 4.69) is 10.8 Å². The van der Waals surface area contributed by atoms with Crippen molar-refractivity contribution in [3.05, 3.63) is 106 Å². The number of carbonyl (C=O) groups excluding carboxylic acids is 1. The number of nitrogens with zero attached hydrogens (tertiary/aromatic N) is 3. The third kappa shape index (κ3) is 5.87. The van der Waals surface area contributed by atoms with E-state index in [-0.39, 0.29) is 24.3 Å².